The van der Waals surface area contributed by atoms with E-state index in [-0.39, 0.29) is 21.7 Å². The molecule has 0 spiro atoms. The molecule has 10 rings (SSSR count). The van der Waals surface area contributed by atoms with Crippen LogP contribution in [0.3, 0.4) is 0 Å². The Morgan fingerprint density at radius 2 is 0.518 bits per heavy atom. The van der Waals surface area contributed by atoms with Gasteiger partial charge in [0, 0.05) is 0 Å². The maximum atomic E-state index is 2.49. The Morgan fingerprint density at radius 3 is 0.804 bits per heavy atom. The monoisotopic (exact) mass is 726 g/mol. The van der Waals surface area contributed by atoms with Gasteiger partial charge in [0.25, 0.3) is 0 Å². The number of hydrogen-bond donors (Lipinski definition) is 0. The van der Waals surface area contributed by atoms with Gasteiger partial charge in [-0.25, -0.2) is 0 Å². The highest BCUT2D eigenvalue weighted by Gasteiger charge is 2.26. The predicted octanol–water partition coefficient (Wildman–Crippen LogP) is 16.6. The molecule has 0 atom stereocenters. The van der Waals surface area contributed by atoms with Crippen LogP contribution in [0.4, 0.5) is 0 Å². The van der Waals surface area contributed by atoms with E-state index >= 15 is 0 Å². The highest BCUT2D eigenvalue weighted by Crippen LogP contribution is 2.49. The molecule has 56 heavy (non-hydrogen) atoms. The van der Waals surface area contributed by atoms with Crippen molar-refractivity contribution in [1.29, 1.82) is 0 Å². The minimum atomic E-state index is 0.0339. The molecule has 10 aromatic carbocycles. The summed E-state index contributed by atoms with van der Waals surface area (Å²) in [5.41, 5.74) is 8.28. The number of rotatable bonds is 1. The molecule has 0 heterocycles. The lowest BCUT2D eigenvalue weighted by Crippen LogP contribution is -2.13. The van der Waals surface area contributed by atoms with Crippen LogP contribution in [0.2, 0.25) is 0 Å². The van der Waals surface area contributed by atoms with Crippen LogP contribution in [-0.2, 0) is 21.7 Å². The summed E-state index contributed by atoms with van der Waals surface area (Å²) in [4.78, 5) is 0. The van der Waals surface area contributed by atoms with Gasteiger partial charge in [0.1, 0.15) is 0 Å². The highest BCUT2D eigenvalue weighted by molar-refractivity contribution is 6.37. The van der Waals surface area contributed by atoms with E-state index in [4.69, 9.17) is 0 Å². The molecule has 0 nitrogen and oxygen atoms in total. The Labute approximate surface area is 332 Å². The molecule has 0 N–H and O–H groups in total. The Kier molecular flexibility index (Phi) is 7.06. The average Bonchev–Trinajstić information content (AvgIpc) is 3.13. The van der Waals surface area contributed by atoms with Gasteiger partial charge in [-0.1, -0.05) is 168 Å². The first-order valence-corrected chi connectivity index (χ1v) is 20.7. The molecule has 278 valence electrons. The van der Waals surface area contributed by atoms with Gasteiger partial charge in [-0.2, -0.15) is 0 Å². The lowest BCUT2D eigenvalue weighted by molar-refractivity contribution is 0.589. The van der Waals surface area contributed by atoms with Gasteiger partial charge < -0.3 is 0 Å². The molecule has 0 heteroatoms. The van der Waals surface area contributed by atoms with Gasteiger partial charge in [0.05, 0.1) is 0 Å². The van der Waals surface area contributed by atoms with Crippen molar-refractivity contribution in [2.24, 2.45) is 0 Å². The Balaban J connectivity index is 1.34. The molecule has 0 radical (unpaired) electrons. The topological polar surface area (TPSA) is 0 Å². The van der Waals surface area contributed by atoms with Crippen molar-refractivity contribution < 1.29 is 0 Å². The van der Waals surface area contributed by atoms with Crippen molar-refractivity contribution in [3.63, 3.8) is 0 Å². The van der Waals surface area contributed by atoms with Crippen molar-refractivity contribution in [3.8, 4) is 11.1 Å². The highest BCUT2D eigenvalue weighted by atomic mass is 14.3. The first-order valence-electron chi connectivity index (χ1n) is 20.7. The normalized spacial score (nSPS) is 13.7. The first kappa shape index (κ1) is 35.2. The molecule has 0 unspecified atom stereocenters. The molecule has 10 aromatic rings. The van der Waals surface area contributed by atoms with Gasteiger partial charge in [-0.05, 0) is 165 Å². The Bertz CT molecular complexity index is 2890. The fraction of sp³-hybridized carbons (Fsp3) is 0.286. The van der Waals surface area contributed by atoms with Crippen molar-refractivity contribution >= 4 is 86.2 Å². The second-order valence-electron chi connectivity index (χ2n) is 21.1. The molecular weight excluding hydrogens is 673 g/mol. The van der Waals surface area contributed by atoms with Gasteiger partial charge >= 0.3 is 0 Å². The molecular formula is C56H54. The van der Waals surface area contributed by atoms with Crippen LogP contribution < -0.4 is 0 Å². The summed E-state index contributed by atoms with van der Waals surface area (Å²) in [5.74, 6) is 0. The van der Waals surface area contributed by atoms with Crippen LogP contribution >= 0.6 is 0 Å². The summed E-state index contributed by atoms with van der Waals surface area (Å²) in [6, 6.07) is 43.6. The standard InChI is InChI=1S/C56H54/c1-53(2,3)33-23-31-25-35(55(7,8)9)29-47-43-21-19-37(39-15-13-17-41(51(39)43)45(27-33)49(31)47)38-20-22-44-48-30-36(56(10,11)12)26-32-24-34(54(4,5)6)28-46(50(32)48)42-18-14-16-40(38)52(42)44/h13-30H,1-12H3. The maximum absolute atomic E-state index is 2.49. The van der Waals surface area contributed by atoms with Crippen molar-refractivity contribution in [3.05, 3.63) is 131 Å². The van der Waals surface area contributed by atoms with Crippen molar-refractivity contribution in [2.75, 3.05) is 0 Å². The van der Waals surface area contributed by atoms with E-state index in [1.54, 1.807) is 0 Å². The zero-order valence-corrected chi connectivity index (χ0v) is 35.4. The van der Waals surface area contributed by atoms with Gasteiger partial charge in [0.2, 0.25) is 0 Å². The lowest BCUT2D eigenvalue weighted by Gasteiger charge is -2.26. The number of hydrogen-bond acceptors (Lipinski definition) is 0. The van der Waals surface area contributed by atoms with E-state index in [2.05, 4.69) is 192 Å². The van der Waals surface area contributed by atoms with E-state index in [1.165, 1.54) is 120 Å². The minimum Gasteiger partial charge on any atom is -0.0610 e. The summed E-state index contributed by atoms with van der Waals surface area (Å²) in [7, 11) is 0. The molecule has 0 saturated heterocycles. The fourth-order valence-electron chi connectivity index (χ4n) is 9.79. The smallest absolute Gasteiger partial charge is 0.00201 e. The summed E-state index contributed by atoms with van der Waals surface area (Å²) in [5, 5.41) is 21.7. The van der Waals surface area contributed by atoms with Gasteiger partial charge in [0.15, 0.2) is 0 Å². The van der Waals surface area contributed by atoms with Crippen LogP contribution in [-0.4, -0.2) is 0 Å². The minimum absolute atomic E-state index is 0.0339. The second-order valence-corrected chi connectivity index (χ2v) is 21.1. The van der Waals surface area contributed by atoms with Crippen molar-refractivity contribution in [1.82, 2.24) is 0 Å². The van der Waals surface area contributed by atoms with Crippen LogP contribution in [0, 0.1) is 0 Å². The Hall–Kier alpha value is -5.20. The summed E-state index contributed by atoms with van der Waals surface area (Å²) in [6.07, 6.45) is 0. The SMILES string of the molecule is CC(C)(C)c1cc2cc(C(C)(C)C)cc3c4ccc(-c5ccc6c7cc(C(C)(C)C)cc8cc(C(C)(C)C)cc(c9cccc5c96)c87)c5cccc(c(c1)c23)c54. The Morgan fingerprint density at radius 1 is 0.250 bits per heavy atom. The van der Waals surface area contributed by atoms with Gasteiger partial charge in [-0.15, -0.1) is 0 Å². The van der Waals surface area contributed by atoms with Crippen LogP contribution in [0.5, 0.6) is 0 Å². The molecule has 0 aromatic heterocycles. The van der Waals surface area contributed by atoms with E-state index in [0.29, 0.717) is 0 Å². The molecule has 0 amide bonds. The number of benzene rings is 10. The molecule has 0 aliphatic rings. The zero-order chi connectivity index (χ0) is 39.4. The van der Waals surface area contributed by atoms with E-state index < -0.39 is 0 Å². The fourth-order valence-corrected chi connectivity index (χ4v) is 9.79. The first-order chi connectivity index (χ1) is 26.3. The van der Waals surface area contributed by atoms with Crippen LogP contribution in [0.25, 0.3) is 97.3 Å². The summed E-state index contributed by atoms with van der Waals surface area (Å²) in [6.45, 7) is 28.1. The predicted molar refractivity (Wildman–Crippen MR) is 249 cm³/mol. The molecule has 0 aliphatic carbocycles. The summed E-state index contributed by atoms with van der Waals surface area (Å²) < 4.78 is 0. The van der Waals surface area contributed by atoms with Crippen molar-refractivity contribution in [2.45, 2.75) is 105 Å². The molecule has 0 fully saturated rings. The van der Waals surface area contributed by atoms with E-state index in [0.717, 1.165) is 0 Å². The third kappa shape index (κ3) is 5.04. The molecule has 0 saturated carbocycles. The van der Waals surface area contributed by atoms with Gasteiger partial charge in [-0.3, -0.25) is 0 Å². The second kappa shape index (κ2) is 11.2. The van der Waals surface area contributed by atoms with Crippen LogP contribution in [0.1, 0.15) is 105 Å². The number of fused-ring (bicyclic) bond motifs is 4. The maximum Gasteiger partial charge on any atom is -0.00201 e. The van der Waals surface area contributed by atoms with E-state index in [9.17, 15) is 0 Å². The third-order valence-electron chi connectivity index (χ3n) is 13.1. The summed E-state index contributed by atoms with van der Waals surface area (Å²) >= 11 is 0. The average molecular weight is 727 g/mol. The van der Waals surface area contributed by atoms with Crippen LogP contribution in [0.15, 0.2) is 109 Å². The largest absolute Gasteiger partial charge is 0.0610 e. The molecule has 0 bridgehead atoms. The van der Waals surface area contributed by atoms with E-state index in [1.807, 2.05) is 0 Å². The quantitative estimate of drug-likeness (QED) is 0.117. The zero-order valence-electron chi connectivity index (χ0n) is 35.4. The third-order valence-corrected chi connectivity index (χ3v) is 13.1. The molecule has 0 aliphatic heterocycles. The lowest BCUT2D eigenvalue weighted by atomic mass is 9.78.